The van der Waals surface area contributed by atoms with Gasteiger partial charge in [-0.3, -0.25) is 0 Å². The third-order valence-corrected chi connectivity index (χ3v) is 4.59. The molecule has 3 rings (SSSR count). The molecule has 98 valence electrons. The van der Waals surface area contributed by atoms with E-state index in [-0.39, 0.29) is 0 Å². The molecule has 18 heavy (non-hydrogen) atoms. The van der Waals surface area contributed by atoms with Gasteiger partial charge in [-0.2, -0.15) is 0 Å². The summed E-state index contributed by atoms with van der Waals surface area (Å²) < 4.78 is 0. The minimum absolute atomic E-state index is 0.724. The van der Waals surface area contributed by atoms with Gasteiger partial charge in [-0.25, -0.2) is 4.98 Å². The van der Waals surface area contributed by atoms with Crippen LogP contribution in [0.2, 0.25) is 0 Å². The van der Waals surface area contributed by atoms with Crippen molar-refractivity contribution in [3.63, 3.8) is 0 Å². The summed E-state index contributed by atoms with van der Waals surface area (Å²) in [5, 5.41) is 0. The van der Waals surface area contributed by atoms with E-state index in [0.29, 0.717) is 0 Å². The Morgan fingerprint density at radius 1 is 1.22 bits per heavy atom. The summed E-state index contributed by atoms with van der Waals surface area (Å²) in [6.45, 7) is 3.30. The van der Waals surface area contributed by atoms with E-state index in [1.54, 1.807) is 6.20 Å². The molecule has 2 unspecified atom stereocenters. The van der Waals surface area contributed by atoms with Crippen LogP contribution in [0.15, 0.2) is 12.3 Å². The molecule has 0 aromatic carbocycles. The molecular weight excluding hydrogens is 222 g/mol. The second-order valence-corrected chi connectivity index (χ2v) is 5.86. The van der Waals surface area contributed by atoms with E-state index < -0.39 is 0 Å². The molecule has 2 heterocycles. The van der Waals surface area contributed by atoms with Gasteiger partial charge in [0.1, 0.15) is 5.82 Å². The van der Waals surface area contributed by atoms with Crippen LogP contribution in [0.5, 0.6) is 0 Å². The number of nitrogen functional groups attached to an aromatic ring is 1. The highest BCUT2D eigenvalue weighted by Gasteiger charge is 2.34. The van der Waals surface area contributed by atoms with E-state index in [0.717, 1.165) is 17.6 Å². The standard InChI is InChI=1S/C15H23N3/c1-11-9-13(16)10-17-15(11)18-8-4-6-12-5-2-3-7-14(12)18/h9-10,12,14H,2-8,16H2,1H3. The van der Waals surface area contributed by atoms with Crippen molar-refractivity contribution in [3.05, 3.63) is 17.8 Å². The van der Waals surface area contributed by atoms with E-state index in [2.05, 4.69) is 22.9 Å². The number of pyridine rings is 1. The van der Waals surface area contributed by atoms with Crippen LogP contribution in [0.4, 0.5) is 11.5 Å². The van der Waals surface area contributed by atoms with Crippen LogP contribution < -0.4 is 10.6 Å². The average Bonchev–Trinajstić information content (AvgIpc) is 2.38. The van der Waals surface area contributed by atoms with Gasteiger partial charge in [0.25, 0.3) is 0 Å². The normalized spacial score (nSPS) is 27.9. The summed E-state index contributed by atoms with van der Waals surface area (Å²) in [6, 6.07) is 2.77. The summed E-state index contributed by atoms with van der Waals surface area (Å²) in [7, 11) is 0. The van der Waals surface area contributed by atoms with E-state index >= 15 is 0 Å². The van der Waals surface area contributed by atoms with E-state index in [4.69, 9.17) is 5.73 Å². The quantitative estimate of drug-likeness (QED) is 0.826. The Hall–Kier alpha value is -1.25. The Balaban J connectivity index is 1.89. The van der Waals surface area contributed by atoms with Crippen LogP contribution in [0.1, 0.15) is 44.1 Å². The lowest BCUT2D eigenvalue weighted by molar-refractivity contribution is 0.242. The molecule has 0 bridgehead atoms. The highest BCUT2D eigenvalue weighted by molar-refractivity contribution is 5.53. The molecule has 1 aromatic rings. The highest BCUT2D eigenvalue weighted by atomic mass is 15.2. The van der Waals surface area contributed by atoms with Gasteiger partial charge < -0.3 is 10.6 Å². The Morgan fingerprint density at radius 3 is 2.83 bits per heavy atom. The van der Waals surface area contributed by atoms with Gasteiger partial charge in [0.15, 0.2) is 0 Å². The maximum Gasteiger partial charge on any atom is 0.131 e. The minimum Gasteiger partial charge on any atom is -0.397 e. The lowest BCUT2D eigenvalue weighted by Crippen LogP contribution is -2.47. The Morgan fingerprint density at radius 2 is 2.00 bits per heavy atom. The van der Waals surface area contributed by atoms with Crippen molar-refractivity contribution in [1.82, 2.24) is 4.98 Å². The van der Waals surface area contributed by atoms with Crippen LogP contribution in [0.25, 0.3) is 0 Å². The van der Waals surface area contributed by atoms with Gasteiger partial charge in [-0.15, -0.1) is 0 Å². The molecule has 3 nitrogen and oxygen atoms in total. The number of rotatable bonds is 1. The molecule has 0 spiro atoms. The number of aromatic nitrogens is 1. The second-order valence-electron chi connectivity index (χ2n) is 5.86. The first-order valence-corrected chi connectivity index (χ1v) is 7.24. The summed E-state index contributed by atoms with van der Waals surface area (Å²) in [6.07, 6.45) is 10.1. The van der Waals surface area contributed by atoms with Crippen molar-refractivity contribution in [3.8, 4) is 0 Å². The van der Waals surface area contributed by atoms with Crippen LogP contribution in [0, 0.1) is 12.8 Å². The van der Waals surface area contributed by atoms with Crippen LogP contribution >= 0.6 is 0 Å². The minimum atomic E-state index is 0.724. The summed E-state index contributed by atoms with van der Waals surface area (Å²) in [5.41, 5.74) is 7.80. The van der Waals surface area contributed by atoms with Crippen molar-refractivity contribution in [2.24, 2.45) is 5.92 Å². The van der Waals surface area contributed by atoms with Crippen molar-refractivity contribution in [2.45, 2.75) is 51.5 Å². The number of hydrogen-bond donors (Lipinski definition) is 1. The number of nitrogens with zero attached hydrogens (tertiary/aromatic N) is 2. The Bertz CT molecular complexity index is 428. The zero-order valence-electron chi connectivity index (χ0n) is 11.2. The fourth-order valence-corrected chi connectivity index (χ4v) is 3.78. The van der Waals surface area contributed by atoms with Gasteiger partial charge in [0.2, 0.25) is 0 Å². The lowest BCUT2D eigenvalue weighted by Gasteiger charge is -2.45. The van der Waals surface area contributed by atoms with Crippen molar-refractivity contribution in [1.29, 1.82) is 0 Å². The van der Waals surface area contributed by atoms with Crippen LogP contribution in [-0.4, -0.2) is 17.6 Å². The maximum atomic E-state index is 5.81. The third-order valence-electron chi connectivity index (χ3n) is 4.59. The summed E-state index contributed by atoms with van der Waals surface area (Å²) in [5.74, 6) is 2.06. The van der Waals surface area contributed by atoms with Gasteiger partial charge in [0.05, 0.1) is 11.9 Å². The molecule has 1 saturated carbocycles. The smallest absolute Gasteiger partial charge is 0.131 e. The average molecular weight is 245 g/mol. The van der Waals surface area contributed by atoms with E-state index in [9.17, 15) is 0 Å². The third kappa shape index (κ3) is 2.06. The van der Waals surface area contributed by atoms with E-state index in [1.807, 2.05) is 0 Å². The topological polar surface area (TPSA) is 42.1 Å². The predicted molar refractivity (Wildman–Crippen MR) is 75.7 cm³/mol. The predicted octanol–water partition coefficient (Wildman–Crippen LogP) is 3.13. The number of nitrogens with two attached hydrogens (primary N) is 1. The first-order chi connectivity index (χ1) is 8.75. The fraction of sp³-hybridized carbons (Fsp3) is 0.667. The van der Waals surface area contributed by atoms with Gasteiger partial charge in [-0.1, -0.05) is 12.8 Å². The molecular formula is C15H23N3. The first-order valence-electron chi connectivity index (χ1n) is 7.24. The number of aryl methyl sites for hydroxylation is 1. The molecule has 2 atom stereocenters. The molecule has 0 radical (unpaired) electrons. The SMILES string of the molecule is Cc1cc(N)cnc1N1CCCC2CCCCC21. The Kier molecular flexibility index (Phi) is 3.14. The molecule has 3 heteroatoms. The monoisotopic (exact) mass is 245 g/mol. The highest BCUT2D eigenvalue weighted by Crippen LogP contribution is 2.38. The number of piperidine rings is 1. The first kappa shape index (κ1) is 11.8. The Labute approximate surface area is 109 Å². The number of anilines is 2. The number of hydrogen-bond acceptors (Lipinski definition) is 3. The molecule has 2 aliphatic rings. The van der Waals surface area contributed by atoms with Crippen LogP contribution in [-0.2, 0) is 0 Å². The van der Waals surface area contributed by atoms with Gasteiger partial charge >= 0.3 is 0 Å². The largest absolute Gasteiger partial charge is 0.397 e. The zero-order chi connectivity index (χ0) is 12.5. The van der Waals surface area contributed by atoms with Gasteiger partial charge in [-0.05, 0) is 50.2 Å². The fourth-order valence-electron chi connectivity index (χ4n) is 3.78. The molecule has 1 aliphatic heterocycles. The molecule has 2 N–H and O–H groups in total. The second kappa shape index (κ2) is 4.79. The van der Waals surface area contributed by atoms with Crippen molar-refractivity contribution >= 4 is 11.5 Å². The molecule has 2 fully saturated rings. The van der Waals surface area contributed by atoms with Gasteiger partial charge in [0, 0.05) is 12.6 Å². The van der Waals surface area contributed by atoms with Crippen LogP contribution in [0.3, 0.4) is 0 Å². The molecule has 1 aliphatic carbocycles. The molecule has 1 saturated heterocycles. The zero-order valence-corrected chi connectivity index (χ0v) is 11.2. The van der Waals surface area contributed by atoms with Crippen molar-refractivity contribution in [2.75, 3.05) is 17.2 Å². The maximum absolute atomic E-state index is 5.81. The summed E-state index contributed by atoms with van der Waals surface area (Å²) in [4.78, 5) is 7.15. The molecule has 0 amide bonds. The summed E-state index contributed by atoms with van der Waals surface area (Å²) >= 11 is 0. The van der Waals surface area contributed by atoms with Crippen molar-refractivity contribution < 1.29 is 0 Å². The number of fused-ring (bicyclic) bond motifs is 1. The lowest BCUT2D eigenvalue weighted by atomic mass is 9.78. The molecule has 1 aromatic heterocycles. The van der Waals surface area contributed by atoms with E-state index in [1.165, 1.54) is 56.5 Å².